The van der Waals surface area contributed by atoms with E-state index in [-0.39, 0.29) is 12.1 Å². The van der Waals surface area contributed by atoms with Gasteiger partial charge in [0.15, 0.2) is 5.76 Å². The molecule has 7 nitrogen and oxygen atoms in total. The van der Waals surface area contributed by atoms with Crippen LogP contribution in [0.5, 0.6) is 0 Å². The first-order valence-corrected chi connectivity index (χ1v) is 9.91. The molecule has 0 spiro atoms. The summed E-state index contributed by atoms with van der Waals surface area (Å²) in [6.45, 7) is 3.17. The summed E-state index contributed by atoms with van der Waals surface area (Å²) in [6, 6.07) is 5.72. The van der Waals surface area contributed by atoms with Crippen LogP contribution in [0.1, 0.15) is 36.0 Å². The van der Waals surface area contributed by atoms with E-state index in [9.17, 15) is 4.79 Å². The quantitative estimate of drug-likeness (QED) is 0.728. The van der Waals surface area contributed by atoms with E-state index in [0.29, 0.717) is 13.0 Å². The molecular formula is C19H21N5O2S. The minimum absolute atomic E-state index is 0.0253. The number of urea groups is 1. The molecule has 0 saturated carbocycles. The van der Waals surface area contributed by atoms with Crippen molar-refractivity contribution in [2.75, 3.05) is 13.1 Å². The minimum atomic E-state index is -0.0609. The third kappa shape index (κ3) is 4.00. The summed E-state index contributed by atoms with van der Waals surface area (Å²) in [5, 5.41) is 9.93. The zero-order valence-corrected chi connectivity index (χ0v) is 15.9. The highest BCUT2D eigenvalue weighted by molar-refractivity contribution is 7.13. The van der Waals surface area contributed by atoms with E-state index >= 15 is 0 Å². The van der Waals surface area contributed by atoms with Crippen LogP contribution >= 0.6 is 11.3 Å². The smallest absolute Gasteiger partial charge is 0.318 e. The van der Waals surface area contributed by atoms with Gasteiger partial charge in [0.05, 0.1) is 17.4 Å². The van der Waals surface area contributed by atoms with Gasteiger partial charge in [-0.2, -0.15) is 0 Å². The summed E-state index contributed by atoms with van der Waals surface area (Å²) < 4.78 is 5.36. The first kappa shape index (κ1) is 17.7. The van der Waals surface area contributed by atoms with Crippen molar-refractivity contribution in [2.24, 2.45) is 0 Å². The Bertz CT molecular complexity index is 908. The third-order valence-corrected chi connectivity index (χ3v) is 5.55. The molecule has 27 heavy (non-hydrogen) atoms. The van der Waals surface area contributed by atoms with Gasteiger partial charge in [-0.05, 0) is 31.9 Å². The molecule has 4 heterocycles. The van der Waals surface area contributed by atoms with E-state index in [1.165, 1.54) is 0 Å². The van der Waals surface area contributed by atoms with Crippen LogP contribution in [0, 0.1) is 6.92 Å². The van der Waals surface area contributed by atoms with Crippen molar-refractivity contribution >= 4 is 17.4 Å². The molecule has 1 aliphatic rings. The maximum Gasteiger partial charge on any atom is 0.318 e. The van der Waals surface area contributed by atoms with Gasteiger partial charge in [-0.15, -0.1) is 11.3 Å². The number of nitrogens with zero attached hydrogens (tertiary/aromatic N) is 4. The number of pyridine rings is 1. The molecule has 0 radical (unpaired) electrons. The Morgan fingerprint density at radius 2 is 2.41 bits per heavy atom. The number of hydrogen-bond acceptors (Lipinski definition) is 6. The molecule has 3 aromatic rings. The Balaban J connectivity index is 1.31. The van der Waals surface area contributed by atoms with Gasteiger partial charge in [0, 0.05) is 48.9 Å². The number of carbonyl (C=O) groups excluding carboxylic acids is 1. The van der Waals surface area contributed by atoms with Crippen LogP contribution in [0.3, 0.4) is 0 Å². The van der Waals surface area contributed by atoms with Gasteiger partial charge < -0.3 is 14.7 Å². The Kier molecular flexibility index (Phi) is 5.15. The molecule has 1 N–H and O–H groups in total. The van der Waals surface area contributed by atoms with Crippen molar-refractivity contribution in [1.82, 2.24) is 25.3 Å². The Hall–Kier alpha value is -2.74. The summed E-state index contributed by atoms with van der Waals surface area (Å²) >= 11 is 1.59. The van der Waals surface area contributed by atoms with Crippen LogP contribution in [0.4, 0.5) is 4.79 Å². The zero-order valence-electron chi connectivity index (χ0n) is 15.1. The molecule has 1 fully saturated rings. The zero-order chi connectivity index (χ0) is 18.6. The number of hydrogen-bond donors (Lipinski definition) is 1. The second kappa shape index (κ2) is 7.87. The number of nitrogens with one attached hydrogen (secondary N) is 1. The minimum Gasteiger partial charge on any atom is -0.359 e. The normalized spacial score (nSPS) is 16.6. The summed E-state index contributed by atoms with van der Waals surface area (Å²) in [5.74, 6) is 0.765. The second-order valence-electron chi connectivity index (χ2n) is 6.59. The molecule has 1 saturated heterocycles. The number of aromatic nitrogens is 3. The van der Waals surface area contributed by atoms with Crippen molar-refractivity contribution in [3.63, 3.8) is 0 Å². The lowest BCUT2D eigenvalue weighted by molar-refractivity contribution is 0.182. The summed E-state index contributed by atoms with van der Waals surface area (Å²) in [7, 11) is 0. The van der Waals surface area contributed by atoms with Crippen molar-refractivity contribution in [2.45, 2.75) is 32.2 Å². The van der Waals surface area contributed by atoms with Crippen LogP contribution in [0.15, 0.2) is 40.5 Å². The molecule has 1 atom stereocenters. The monoisotopic (exact) mass is 383 g/mol. The molecule has 0 unspecified atom stereocenters. The van der Waals surface area contributed by atoms with E-state index in [2.05, 4.69) is 20.4 Å². The number of likely N-dealkylation sites (tertiary alicyclic amines) is 1. The number of aryl methyl sites for hydroxylation is 1. The van der Waals surface area contributed by atoms with Crippen molar-refractivity contribution in [3.8, 4) is 10.6 Å². The maximum atomic E-state index is 12.6. The van der Waals surface area contributed by atoms with E-state index in [1.807, 2.05) is 41.6 Å². The molecule has 3 aromatic heterocycles. The lowest BCUT2D eigenvalue weighted by atomic mass is 10.1. The van der Waals surface area contributed by atoms with E-state index in [4.69, 9.17) is 4.52 Å². The molecule has 4 rings (SSSR count). The topological polar surface area (TPSA) is 84.2 Å². The Morgan fingerprint density at radius 1 is 1.48 bits per heavy atom. The molecule has 0 aliphatic carbocycles. The molecule has 1 aliphatic heterocycles. The third-order valence-electron chi connectivity index (χ3n) is 4.61. The fraction of sp³-hybridized carbons (Fsp3) is 0.368. The fourth-order valence-corrected chi connectivity index (χ4v) is 4.13. The lowest BCUT2D eigenvalue weighted by Gasteiger charge is -2.22. The van der Waals surface area contributed by atoms with Gasteiger partial charge in [0.1, 0.15) is 5.01 Å². The predicted octanol–water partition coefficient (Wildman–Crippen LogP) is 3.59. The second-order valence-corrected chi connectivity index (χ2v) is 7.45. The van der Waals surface area contributed by atoms with Gasteiger partial charge in [-0.1, -0.05) is 5.16 Å². The van der Waals surface area contributed by atoms with Crippen LogP contribution in [0.2, 0.25) is 0 Å². The predicted molar refractivity (Wildman–Crippen MR) is 102 cm³/mol. The van der Waals surface area contributed by atoms with E-state index in [0.717, 1.165) is 47.1 Å². The molecule has 2 amide bonds. The average molecular weight is 383 g/mol. The average Bonchev–Trinajstić information content (AvgIpc) is 3.42. The number of carbonyl (C=O) groups is 1. The first-order valence-electron chi connectivity index (χ1n) is 9.03. The van der Waals surface area contributed by atoms with Crippen LogP contribution in [-0.4, -0.2) is 39.1 Å². The Labute approximate surface area is 161 Å². The van der Waals surface area contributed by atoms with Gasteiger partial charge >= 0.3 is 6.03 Å². The van der Waals surface area contributed by atoms with Crippen molar-refractivity contribution in [1.29, 1.82) is 0 Å². The van der Waals surface area contributed by atoms with Gasteiger partial charge in [-0.3, -0.25) is 4.98 Å². The maximum absolute atomic E-state index is 12.6. The summed E-state index contributed by atoms with van der Waals surface area (Å²) in [5.41, 5.74) is 2.83. The van der Waals surface area contributed by atoms with E-state index < -0.39 is 0 Å². The van der Waals surface area contributed by atoms with Gasteiger partial charge in [-0.25, -0.2) is 9.78 Å². The summed E-state index contributed by atoms with van der Waals surface area (Å²) in [6.07, 6.45) is 6.13. The first-order chi connectivity index (χ1) is 13.2. The summed E-state index contributed by atoms with van der Waals surface area (Å²) in [4.78, 5) is 23.2. The SMILES string of the molecule is Cc1cc([C@@H]2CCCN2C(=O)NCCc2csc(-c3cccnc3)n2)on1. The largest absolute Gasteiger partial charge is 0.359 e. The van der Waals surface area contributed by atoms with E-state index in [1.54, 1.807) is 17.5 Å². The van der Waals surface area contributed by atoms with Crippen LogP contribution in [-0.2, 0) is 6.42 Å². The number of thiazole rings is 1. The Morgan fingerprint density at radius 3 is 3.19 bits per heavy atom. The van der Waals surface area contributed by atoms with Gasteiger partial charge in [0.25, 0.3) is 0 Å². The molecule has 0 bridgehead atoms. The van der Waals surface area contributed by atoms with Gasteiger partial charge in [0.2, 0.25) is 0 Å². The molecular weight excluding hydrogens is 362 g/mol. The fourth-order valence-electron chi connectivity index (χ4n) is 3.29. The highest BCUT2D eigenvalue weighted by atomic mass is 32.1. The van der Waals surface area contributed by atoms with Crippen molar-refractivity contribution < 1.29 is 9.32 Å². The molecule has 8 heteroatoms. The highest BCUT2D eigenvalue weighted by Crippen LogP contribution is 2.32. The van der Waals surface area contributed by atoms with Crippen LogP contribution < -0.4 is 5.32 Å². The standard InChI is InChI=1S/C19H21N5O2S/c1-13-10-17(26-23-13)16-5-3-9-24(16)19(25)21-8-6-15-12-27-18(22-15)14-4-2-7-20-11-14/h2,4,7,10-12,16H,3,5-6,8-9H2,1H3,(H,21,25)/t16-/m0/s1. The number of rotatable bonds is 5. The molecule has 140 valence electrons. The van der Waals surface area contributed by atoms with Crippen molar-refractivity contribution in [3.05, 3.63) is 53.1 Å². The van der Waals surface area contributed by atoms with Crippen LogP contribution in [0.25, 0.3) is 10.6 Å². The lowest BCUT2D eigenvalue weighted by Crippen LogP contribution is -2.40. The number of amides is 2. The highest BCUT2D eigenvalue weighted by Gasteiger charge is 2.32. The molecule has 0 aromatic carbocycles.